The molecule has 0 aromatic rings. The van der Waals surface area contributed by atoms with E-state index >= 15 is 0 Å². The van der Waals surface area contributed by atoms with Crippen molar-refractivity contribution in [2.75, 3.05) is 13.2 Å². The summed E-state index contributed by atoms with van der Waals surface area (Å²) in [6.07, 6.45) is 87.1. The van der Waals surface area contributed by atoms with Gasteiger partial charge in [-0.05, 0) is 103 Å². The van der Waals surface area contributed by atoms with E-state index in [1.54, 1.807) is 0 Å². The Labute approximate surface area is 477 Å². The monoisotopic (exact) mass is 1070 g/mol. The van der Waals surface area contributed by atoms with Crippen LogP contribution in [0.15, 0.2) is 97.2 Å². The highest BCUT2D eigenvalue weighted by atomic mass is 16.6. The summed E-state index contributed by atoms with van der Waals surface area (Å²) in [4.78, 5) is 38.2. The van der Waals surface area contributed by atoms with Gasteiger partial charge in [0.05, 0.1) is 0 Å². The zero-order chi connectivity index (χ0) is 55.7. The minimum Gasteiger partial charge on any atom is -0.462 e. The fourth-order valence-corrected chi connectivity index (χ4v) is 9.18. The SMILES string of the molecule is CC/C=C\C/C=C\C/C=C\C/C=C\C/C=C\CCCCCCCCCC(=O)OC(COC(=O)CCCCCCCCCCC)COC(=O)CCCCCCCCCCCCCC/C=C\C/C=C\C/C=C\CCCCCCC. The molecular weight excluding hydrogens is 949 g/mol. The molecule has 0 rings (SSSR count). The Kier molecular flexibility index (Phi) is 61.8. The predicted octanol–water partition coefficient (Wildman–Crippen LogP) is 22.4. The summed E-state index contributed by atoms with van der Waals surface area (Å²) < 4.78 is 16.9. The van der Waals surface area contributed by atoms with Crippen LogP contribution < -0.4 is 0 Å². The molecule has 0 radical (unpaired) electrons. The lowest BCUT2D eigenvalue weighted by Gasteiger charge is -2.18. The van der Waals surface area contributed by atoms with Crippen LogP contribution in [0.4, 0.5) is 0 Å². The number of rotatable bonds is 59. The Morgan fingerprint density at radius 3 is 0.792 bits per heavy atom. The molecule has 77 heavy (non-hydrogen) atoms. The van der Waals surface area contributed by atoms with E-state index < -0.39 is 6.10 Å². The van der Waals surface area contributed by atoms with Crippen molar-refractivity contribution < 1.29 is 28.6 Å². The van der Waals surface area contributed by atoms with Crippen molar-refractivity contribution in [1.82, 2.24) is 0 Å². The van der Waals surface area contributed by atoms with Gasteiger partial charge in [0.2, 0.25) is 0 Å². The average molecular weight is 1070 g/mol. The molecule has 1 atom stereocenters. The molecule has 0 spiro atoms. The molecule has 0 saturated carbocycles. The molecular formula is C71H122O6. The molecule has 6 heteroatoms. The summed E-state index contributed by atoms with van der Waals surface area (Å²) in [7, 11) is 0. The number of carbonyl (C=O) groups is 3. The van der Waals surface area contributed by atoms with E-state index in [9.17, 15) is 14.4 Å². The normalized spacial score (nSPS) is 12.7. The Balaban J connectivity index is 4.23. The Hall–Kier alpha value is -3.67. The van der Waals surface area contributed by atoms with Crippen LogP contribution in [0.2, 0.25) is 0 Å². The second-order valence-corrected chi connectivity index (χ2v) is 21.6. The summed E-state index contributed by atoms with van der Waals surface area (Å²) >= 11 is 0. The molecule has 0 fully saturated rings. The number of ether oxygens (including phenoxy) is 3. The number of hydrogen-bond donors (Lipinski definition) is 0. The zero-order valence-electron chi connectivity index (χ0n) is 50.7. The minimum absolute atomic E-state index is 0.0806. The third kappa shape index (κ3) is 63.0. The third-order valence-electron chi connectivity index (χ3n) is 14.1. The fraction of sp³-hybridized carbons (Fsp3) is 0.732. The Bertz CT molecular complexity index is 1510. The molecule has 0 aliphatic carbocycles. The smallest absolute Gasteiger partial charge is 0.306 e. The van der Waals surface area contributed by atoms with Gasteiger partial charge in [0, 0.05) is 19.3 Å². The standard InChI is InChI=1S/C71H122O6/c1-4-7-10-13-16-19-21-23-25-27-29-31-33-34-35-36-38-39-41-43-45-47-49-52-55-58-61-64-70(73)76-67-68(66-75-69(72)63-60-57-54-51-18-15-12-9-6-3)77-71(74)65-62-59-56-53-50-48-46-44-42-40-37-32-30-28-26-24-22-20-17-14-11-8-5-2/h8,11,17,20-21,23-24,26-27,29-30,32-34,40,42,68H,4-7,9-10,12-16,18-19,22,25,28,31,35-39,41,43-67H2,1-3H3/b11-8-,20-17-,23-21-,26-24-,29-27-,32-30-,34-33-,42-40-. The molecule has 0 aromatic heterocycles. The third-order valence-corrected chi connectivity index (χ3v) is 14.1. The lowest BCUT2D eigenvalue weighted by Crippen LogP contribution is -2.30. The number of allylic oxidation sites excluding steroid dienone is 16. The van der Waals surface area contributed by atoms with Gasteiger partial charge in [-0.1, -0.05) is 291 Å². The van der Waals surface area contributed by atoms with Crippen LogP contribution in [-0.4, -0.2) is 37.2 Å². The number of carbonyl (C=O) groups excluding carboxylic acids is 3. The van der Waals surface area contributed by atoms with Crippen LogP contribution in [0.3, 0.4) is 0 Å². The van der Waals surface area contributed by atoms with Gasteiger partial charge in [0.25, 0.3) is 0 Å². The first-order valence-corrected chi connectivity index (χ1v) is 32.7. The van der Waals surface area contributed by atoms with Crippen LogP contribution in [-0.2, 0) is 28.6 Å². The Morgan fingerprint density at radius 2 is 0.506 bits per heavy atom. The van der Waals surface area contributed by atoms with E-state index in [1.807, 2.05) is 0 Å². The molecule has 0 amide bonds. The largest absolute Gasteiger partial charge is 0.462 e. The maximum Gasteiger partial charge on any atom is 0.306 e. The van der Waals surface area contributed by atoms with Crippen molar-refractivity contribution in [3.05, 3.63) is 97.2 Å². The van der Waals surface area contributed by atoms with E-state index in [0.717, 1.165) is 109 Å². The van der Waals surface area contributed by atoms with Crippen molar-refractivity contribution in [2.45, 2.75) is 322 Å². The molecule has 0 aliphatic heterocycles. The fourth-order valence-electron chi connectivity index (χ4n) is 9.18. The quantitative estimate of drug-likeness (QED) is 0.0261. The topological polar surface area (TPSA) is 78.9 Å². The molecule has 0 aromatic carbocycles. The first-order valence-electron chi connectivity index (χ1n) is 32.7. The highest BCUT2D eigenvalue weighted by Crippen LogP contribution is 2.16. The van der Waals surface area contributed by atoms with Crippen LogP contribution in [0.1, 0.15) is 316 Å². The van der Waals surface area contributed by atoms with Gasteiger partial charge in [-0.2, -0.15) is 0 Å². The van der Waals surface area contributed by atoms with Crippen molar-refractivity contribution in [1.29, 1.82) is 0 Å². The van der Waals surface area contributed by atoms with Gasteiger partial charge >= 0.3 is 17.9 Å². The lowest BCUT2D eigenvalue weighted by molar-refractivity contribution is -0.167. The summed E-state index contributed by atoms with van der Waals surface area (Å²) in [5, 5.41) is 0. The minimum atomic E-state index is -0.784. The summed E-state index contributed by atoms with van der Waals surface area (Å²) in [5.41, 5.74) is 0. The average Bonchev–Trinajstić information content (AvgIpc) is 3.43. The highest BCUT2D eigenvalue weighted by Gasteiger charge is 2.19. The molecule has 0 N–H and O–H groups in total. The van der Waals surface area contributed by atoms with Crippen molar-refractivity contribution >= 4 is 17.9 Å². The molecule has 0 heterocycles. The number of hydrogen-bond acceptors (Lipinski definition) is 6. The van der Waals surface area contributed by atoms with E-state index in [2.05, 4.69) is 118 Å². The highest BCUT2D eigenvalue weighted by molar-refractivity contribution is 5.71. The van der Waals surface area contributed by atoms with Crippen molar-refractivity contribution in [3.8, 4) is 0 Å². The van der Waals surface area contributed by atoms with E-state index in [1.165, 1.54) is 167 Å². The summed E-state index contributed by atoms with van der Waals surface area (Å²) in [5.74, 6) is -0.887. The van der Waals surface area contributed by atoms with Crippen LogP contribution in [0.5, 0.6) is 0 Å². The summed E-state index contributed by atoms with van der Waals surface area (Å²) in [6, 6.07) is 0. The first-order chi connectivity index (χ1) is 38.0. The molecule has 6 nitrogen and oxygen atoms in total. The maximum atomic E-state index is 12.9. The molecule has 1 unspecified atom stereocenters. The van der Waals surface area contributed by atoms with Gasteiger partial charge in [-0.25, -0.2) is 0 Å². The van der Waals surface area contributed by atoms with Gasteiger partial charge in [-0.3, -0.25) is 14.4 Å². The summed E-state index contributed by atoms with van der Waals surface area (Å²) in [6.45, 7) is 6.51. The second kappa shape index (κ2) is 64.9. The number of unbranched alkanes of at least 4 members (excludes halogenated alkanes) is 32. The molecule has 0 aliphatic rings. The lowest BCUT2D eigenvalue weighted by atomic mass is 10.0. The van der Waals surface area contributed by atoms with E-state index in [4.69, 9.17) is 14.2 Å². The maximum absolute atomic E-state index is 12.9. The zero-order valence-corrected chi connectivity index (χ0v) is 50.7. The van der Waals surface area contributed by atoms with Gasteiger partial charge in [-0.15, -0.1) is 0 Å². The molecule has 0 saturated heterocycles. The van der Waals surface area contributed by atoms with Crippen molar-refractivity contribution in [2.24, 2.45) is 0 Å². The van der Waals surface area contributed by atoms with Crippen LogP contribution in [0.25, 0.3) is 0 Å². The van der Waals surface area contributed by atoms with Crippen LogP contribution in [0, 0.1) is 0 Å². The van der Waals surface area contributed by atoms with Gasteiger partial charge < -0.3 is 14.2 Å². The number of esters is 3. The van der Waals surface area contributed by atoms with Crippen molar-refractivity contribution in [3.63, 3.8) is 0 Å². The predicted molar refractivity (Wildman–Crippen MR) is 334 cm³/mol. The van der Waals surface area contributed by atoms with Gasteiger partial charge in [0.1, 0.15) is 13.2 Å². The van der Waals surface area contributed by atoms with Crippen LogP contribution >= 0.6 is 0 Å². The van der Waals surface area contributed by atoms with E-state index in [-0.39, 0.29) is 31.1 Å². The molecule has 0 bridgehead atoms. The Morgan fingerprint density at radius 1 is 0.273 bits per heavy atom. The second-order valence-electron chi connectivity index (χ2n) is 21.6. The first kappa shape index (κ1) is 73.3. The van der Waals surface area contributed by atoms with Gasteiger partial charge in [0.15, 0.2) is 6.10 Å². The van der Waals surface area contributed by atoms with E-state index in [0.29, 0.717) is 19.3 Å². The molecule has 442 valence electrons.